The summed E-state index contributed by atoms with van der Waals surface area (Å²) in [4.78, 5) is 13.5. The summed E-state index contributed by atoms with van der Waals surface area (Å²) in [6.07, 6.45) is 5.25. The summed E-state index contributed by atoms with van der Waals surface area (Å²) in [7, 11) is 0. The Morgan fingerprint density at radius 2 is 0.735 bits per heavy atom. The van der Waals surface area contributed by atoms with Crippen molar-refractivity contribution in [1.29, 1.82) is 0 Å². The van der Waals surface area contributed by atoms with Gasteiger partial charge in [0.05, 0.1) is 0 Å². The molecule has 0 unspecified atom stereocenters. The molecule has 0 N–H and O–H groups in total. The Labute approximate surface area is 200 Å². The van der Waals surface area contributed by atoms with Crippen LogP contribution in [-0.2, 0) is 0 Å². The van der Waals surface area contributed by atoms with E-state index in [1.807, 2.05) is 91.0 Å². The van der Waals surface area contributed by atoms with Crippen molar-refractivity contribution in [2.24, 2.45) is 0 Å². The first-order valence-corrected chi connectivity index (χ1v) is 13.3. The molecule has 0 atom stereocenters. The Bertz CT molecular complexity index is 1420. The molecule has 0 spiro atoms. The van der Waals surface area contributed by atoms with Gasteiger partial charge in [0.25, 0.3) is 0 Å². The summed E-state index contributed by atoms with van der Waals surface area (Å²) < 4.78 is 19.3. The summed E-state index contributed by atoms with van der Waals surface area (Å²) >= 11 is -3.20. The minimum absolute atomic E-state index is 0.620. The van der Waals surface area contributed by atoms with Gasteiger partial charge in [0.15, 0.2) is 0 Å². The summed E-state index contributed by atoms with van der Waals surface area (Å²) in [5.41, 5.74) is 2.28. The zero-order valence-corrected chi connectivity index (χ0v) is 20.1. The number of hydrogen-bond acceptors (Lipinski definition) is 6. The molecule has 163 valence electrons. The van der Waals surface area contributed by atoms with Gasteiger partial charge < -0.3 is 0 Å². The zero-order valence-electron chi connectivity index (χ0n) is 18.0. The van der Waals surface area contributed by atoms with E-state index in [4.69, 9.17) is 11.3 Å². The maximum atomic E-state index is 6.44. The molecule has 1 radical (unpaired) electrons. The Morgan fingerprint density at radius 1 is 0.412 bits per heavy atom. The second-order valence-corrected chi connectivity index (χ2v) is 9.88. The number of hydrogen-bond donors (Lipinski definition) is 0. The van der Waals surface area contributed by atoms with Gasteiger partial charge in [-0.05, 0) is 0 Å². The van der Waals surface area contributed by atoms with Crippen LogP contribution in [0.15, 0.2) is 110 Å². The Balaban J connectivity index is 1.42. The molecule has 0 aliphatic rings. The Kier molecular flexibility index (Phi) is 5.41. The van der Waals surface area contributed by atoms with Crippen molar-refractivity contribution >= 4 is 48.1 Å². The zero-order chi connectivity index (χ0) is 22.7. The number of aromatic nitrogens is 3. The predicted octanol–water partition coefficient (Wildman–Crippen LogP) is 5.85. The summed E-state index contributed by atoms with van der Waals surface area (Å²) in [6, 6.07) is 29.2. The minimum atomic E-state index is -3.20. The van der Waals surface area contributed by atoms with Gasteiger partial charge >= 0.3 is 201 Å². The van der Waals surface area contributed by atoms with Crippen molar-refractivity contribution in [3.8, 4) is 17.2 Å². The van der Waals surface area contributed by atoms with E-state index in [1.165, 1.54) is 0 Å². The molecular weight excluding hydrogens is 487 g/mol. The van der Waals surface area contributed by atoms with E-state index in [1.54, 1.807) is 18.6 Å². The molecule has 6 rings (SSSR count). The fourth-order valence-corrected chi connectivity index (χ4v) is 6.24. The fourth-order valence-electron chi connectivity index (χ4n) is 3.81. The molecule has 0 saturated heterocycles. The summed E-state index contributed by atoms with van der Waals surface area (Å²) in [5, 5.41) is 2.95. The van der Waals surface area contributed by atoms with Crippen molar-refractivity contribution in [1.82, 2.24) is 15.0 Å². The molecule has 6 nitrogen and oxygen atoms in total. The first-order valence-electron chi connectivity index (χ1n) is 10.8. The van der Waals surface area contributed by atoms with Crippen LogP contribution >= 0.6 is 0 Å². The Morgan fingerprint density at radius 3 is 1.09 bits per heavy atom. The van der Waals surface area contributed by atoms with Gasteiger partial charge in [-0.2, -0.15) is 0 Å². The van der Waals surface area contributed by atoms with E-state index in [0.717, 1.165) is 32.7 Å². The van der Waals surface area contributed by atoms with Crippen molar-refractivity contribution in [3.05, 3.63) is 110 Å². The number of benzene rings is 3. The molecular formula is C27H18GeN3O3. The Hall–Kier alpha value is -4.17. The molecule has 0 bridgehead atoms. The molecule has 0 amide bonds. The second kappa shape index (κ2) is 8.99. The molecule has 7 heteroatoms. The monoisotopic (exact) mass is 506 g/mol. The number of pyridine rings is 3. The van der Waals surface area contributed by atoms with Gasteiger partial charge in [0.1, 0.15) is 0 Å². The van der Waals surface area contributed by atoms with E-state index < -0.39 is 15.4 Å². The van der Waals surface area contributed by atoms with Gasteiger partial charge in [-0.25, -0.2) is 0 Å². The van der Waals surface area contributed by atoms with Crippen molar-refractivity contribution < 1.29 is 11.3 Å². The topological polar surface area (TPSA) is 66.4 Å². The standard InChI is InChI=1S/C27H18GeN3O3/c1-7-19-10-4-16-29-25(19)22(13-1)32-28(33-23-14-2-8-20-11-5-17-30-26(20)23)34-24-15-3-9-21-12-6-18-31-27(21)24/h1-18H. The average Bonchev–Trinajstić information content (AvgIpc) is 2.89. The number of fused-ring (bicyclic) bond motifs is 3. The molecule has 0 aliphatic carbocycles. The van der Waals surface area contributed by atoms with E-state index in [-0.39, 0.29) is 0 Å². The molecule has 3 aromatic carbocycles. The van der Waals surface area contributed by atoms with E-state index in [0.29, 0.717) is 17.2 Å². The summed E-state index contributed by atoms with van der Waals surface area (Å²) in [6.45, 7) is 0. The third kappa shape index (κ3) is 3.99. The third-order valence-electron chi connectivity index (χ3n) is 5.37. The van der Waals surface area contributed by atoms with Gasteiger partial charge in [-0.1, -0.05) is 0 Å². The van der Waals surface area contributed by atoms with Crippen molar-refractivity contribution in [2.75, 3.05) is 0 Å². The van der Waals surface area contributed by atoms with Crippen LogP contribution < -0.4 is 11.3 Å². The molecule has 3 heterocycles. The molecule has 0 saturated carbocycles. The normalized spacial score (nSPS) is 11.2. The third-order valence-corrected chi connectivity index (χ3v) is 7.80. The van der Waals surface area contributed by atoms with E-state index >= 15 is 0 Å². The first-order chi connectivity index (χ1) is 16.8. The van der Waals surface area contributed by atoms with E-state index in [2.05, 4.69) is 15.0 Å². The predicted molar refractivity (Wildman–Crippen MR) is 133 cm³/mol. The SMILES string of the molecule is c1cnc2c([O][Ge]([O]c3cccc4cccnc34)[O]c3cccc4cccnc34)cccc2c1. The van der Waals surface area contributed by atoms with Crippen LogP contribution in [0.4, 0.5) is 0 Å². The van der Waals surface area contributed by atoms with Gasteiger partial charge in [-0.15, -0.1) is 0 Å². The van der Waals surface area contributed by atoms with Crippen LogP contribution in [0.3, 0.4) is 0 Å². The van der Waals surface area contributed by atoms with Crippen LogP contribution in [0.2, 0.25) is 0 Å². The molecule has 6 aromatic rings. The molecule has 0 aliphatic heterocycles. The number of para-hydroxylation sites is 3. The quantitative estimate of drug-likeness (QED) is 0.265. The summed E-state index contributed by atoms with van der Waals surface area (Å²) in [5.74, 6) is 1.86. The van der Waals surface area contributed by atoms with Gasteiger partial charge in [0, 0.05) is 0 Å². The van der Waals surface area contributed by atoms with Gasteiger partial charge in [0.2, 0.25) is 0 Å². The number of nitrogens with zero attached hydrogens (tertiary/aromatic N) is 3. The van der Waals surface area contributed by atoms with Crippen LogP contribution in [0, 0.1) is 0 Å². The van der Waals surface area contributed by atoms with Crippen molar-refractivity contribution in [3.63, 3.8) is 0 Å². The first kappa shape index (κ1) is 20.4. The molecule has 34 heavy (non-hydrogen) atoms. The van der Waals surface area contributed by atoms with Crippen LogP contribution in [0.1, 0.15) is 0 Å². The average molecular weight is 505 g/mol. The van der Waals surface area contributed by atoms with Crippen LogP contribution in [-0.4, -0.2) is 30.3 Å². The molecule has 0 fully saturated rings. The molecule has 3 aromatic heterocycles. The van der Waals surface area contributed by atoms with Crippen molar-refractivity contribution in [2.45, 2.75) is 0 Å². The van der Waals surface area contributed by atoms with Crippen LogP contribution in [0.5, 0.6) is 17.2 Å². The van der Waals surface area contributed by atoms with Gasteiger partial charge in [-0.3, -0.25) is 0 Å². The fraction of sp³-hybridized carbons (Fsp3) is 0. The number of rotatable bonds is 6. The maximum absolute atomic E-state index is 6.44. The second-order valence-electron chi connectivity index (χ2n) is 7.55. The van der Waals surface area contributed by atoms with E-state index in [9.17, 15) is 0 Å². The van der Waals surface area contributed by atoms with Crippen LogP contribution in [0.25, 0.3) is 32.7 Å².